The third-order valence-electron chi connectivity index (χ3n) is 3.96. The minimum absolute atomic E-state index is 0.338. The first kappa shape index (κ1) is 16.3. The van der Waals surface area contributed by atoms with E-state index in [1.54, 1.807) is 12.1 Å². The molecule has 1 fully saturated rings. The maximum Gasteiger partial charge on any atom is 0.240 e. The van der Waals surface area contributed by atoms with Crippen molar-refractivity contribution < 1.29 is 8.42 Å². The standard InChI is InChI=1S/C15H25N3O2S/c1-3-10-17-21(19,20)15-6-4-14(5-7-15)18-11-8-13(16-2)9-12-18/h4-7,13,16-17H,3,8-12H2,1-2H3. The highest BCUT2D eigenvalue weighted by molar-refractivity contribution is 7.89. The third-order valence-corrected chi connectivity index (χ3v) is 5.43. The first-order chi connectivity index (χ1) is 10.1. The summed E-state index contributed by atoms with van der Waals surface area (Å²) in [5.41, 5.74) is 1.10. The van der Waals surface area contributed by atoms with E-state index in [1.807, 2.05) is 26.1 Å². The lowest BCUT2D eigenvalue weighted by Gasteiger charge is -2.33. The number of nitrogens with one attached hydrogen (secondary N) is 2. The van der Waals surface area contributed by atoms with Gasteiger partial charge in [0.1, 0.15) is 0 Å². The van der Waals surface area contributed by atoms with Gasteiger partial charge in [0, 0.05) is 31.4 Å². The second-order valence-corrected chi connectivity index (χ2v) is 7.21. The van der Waals surface area contributed by atoms with E-state index in [9.17, 15) is 8.42 Å². The number of sulfonamides is 1. The molecule has 1 saturated heterocycles. The topological polar surface area (TPSA) is 61.4 Å². The van der Waals surface area contributed by atoms with Gasteiger partial charge in [0.2, 0.25) is 10.0 Å². The first-order valence-electron chi connectivity index (χ1n) is 7.58. The van der Waals surface area contributed by atoms with Crippen molar-refractivity contribution in [2.45, 2.75) is 37.1 Å². The van der Waals surface area contributed by atoms with Gasteiger partial charge in [0.25, 0.3) is 0 Å². The largest absolute Gasteiger partial charge is 0.371 e. The molecule has 0 unspecified atom stereocenters. The Morgan fingerprint density at radius 1 is 1.19 bits per heavy atom. The van der Waals surface area contributed by atoms with Crippen LogP contribution in [0.1, 0.15) is 26.2 Å². The van der Waals surface area contributed by atoms with Crippen molar-refractivity contribution in [2.24, 2.45) is 0 Å². The summed E-state index contributed by atoms with van der Waals surface area (Å²) >= 11 is 0. The van der Waals surface area contributed by atoms with Gasteiger partial charge in [0.15, 0.2) is 0 Å². The molecular formula is C15H25N3O2S. The van der Waals surface area contributed by atoms with Crippen LogP contribution < -0.4 is 14.9 Å². The molecule has 1 aromatic rings. The molecule has 2 rings (SSSR count). The molecule has 0 aliphatic carbocycles. The van der Waals surface area contributed by atoms with Crippen LogP contribution in [0.5, 0.6) is 0 Å². The van der Waals surface area contributed by atoms with Crippen LogP contribution in [0.15, 0.2) is 29.2 Å². The van der Waals surface area contributed by atoms with Crippen LogP contribution in [-0.2, 0) is 10.0 Å². The summed E-state index contributed by atoms with van der Waals surface area (Å²) in [6.45, 7) is 4.43. The van der Waals surface area contributed by atoms with E-state index in [4.69, 9.17) is 0 Å². The van der Waals surface area contributed by atoms with Gasteiger partial charge < -0.3 is 10.2 Å². The number of nitrogens with zero attached hydrogens (tertiary/aromatic N) is 1. The molecule has 2 N–H and O–H groups in total. The van der Waals surface area contributed by atoms with E-state index in [1.165, 1.54) is 0 Å². The van der Waals surface area contributed by atoms with Gasteiger partial charge in [-0.05, 0) is 50.6 Å². The van der Waals surface area contributed by atoms with Gasteiger partial charge >= 0.3 is 0 Å². The number of benzene rings is 1. The van der Waals surface area contributed by atoms with Gasteiger partial charge in [-0.1, -0.05) is 6.92 Å². The summed E-state index contributed by atoms with van der Waals surface area (Å²) in [6, 6.07) is 7.79. The predicted octanol–water partition coefficient (Wildman–Crippen LogP) is 1.56. The zero-order valence-corrected chi connectivity index (χ0v) is 13.6. The Morgan fingerprint density at radius 2 is 1.81 bits per heavy atom. The summed E-state index contributed by atoms with van der Waals surface area (Å²) in [4.78, 5) is 2.65. The SMILES string of the molecule is CCCNS(=O)(=O)c1ccc(N2CCC(NC)CC2)cc1. The molecule has 1 heterocycles. The minimum Gasteiger partial charge on any atom is -0.371 e. The van der Waals surface area contributed by atoms with Crippen molar-refractivity contribution in [2.75, 3.05) is 31.6 Å². The van der Waals surface area contributed by atoms with E-state index in [0.29, 0.717) is 17.5 Å². The Morgan fingerprint density at radius 3 is 2.33 bits per heavy atom. The molecule has 1 aliphatic heterocycles. The predicted molar refractivity (Wildman–Crippen MR) is 86.2 cm³/mol. The lowest BCUT2D eigenvalue weighted by molar-refractivity contribution is 0.442. The van der Waals surface area contributed by atoms with E-state index < -0.39 is 10.0 Å². The van der Waals surface area contributed by atoms with Crippen LogP contribution in [0.4, 0.5) is 5.69 Å². The van der Waals surface area contributed by atoms with Crippen LogP contribution in [0.2, 0.25) is 0 Å². The Balaban J connectivity index is 2.02. The van der Waals surface area contributed by atoms with Crippen molar-refractivity contribution >= 4 is 15.7 Å². The van der Waals surface area contributed by atoms with E-state index in [0.717, 1.165) is 38.0 Å². The molecule has 118 valence electrons. The summed E-state index contributed by atoms with van der Waals surface area (Å²) in [6.07, 6.45) is 3.03. The summed E-state index contributed by atoms with van der Waals surface area (Å²) in [5.74, 6) is 0. The van der Waals surface area contributed by atoms with Gasteiger partial charge in [-0.15, -0.1) is 0 Å². The van der Waals surface area contributed by atoms with Crippen molar-refractivity contribution in [3.8, 4) is 0 Å². The number of hydrogen-bond acceptors (Lipinski definition) is 4. The second-order valence-electron chi connectivity index (χ2n) is 5.44. The van der Waals surface area contributed by atoms with Crippen LogP contribution in [-0.4, -0.2) is 41.1 Å². The fourth-order valence-electron chi connectivity index (χ4n) is 2.58. The van der Waals surface area contributed by atoms with Crippen molar-refractivity contribution in [3.63, 3.8) is 0 Å². The van der Waals surface area contributed by atoms with Crippen molar-refractivity contribution in [3.05, 3.63) is 24.3 Å². The van der Waals surface area contributed by atoms with E-state index in [2.05, 4.69) is 14.9 Å². The number of piperidine rings is 1. The Bertz CT molecular complexity index is 535. The summed E-state index contributed by atoms with van der Waals surface area (Å²) < 4.78 is 26.6. The Hall–Kier alpha value is -1.11. The fourth-order valence-corrected chi connectivity index (χ4v) is 3.72. The molecule has 0 amide bonds. The molecular weight excluding hydrogens is 286 g/mol. The van der Waals surface area contributed by atoms with Crippen molar-refractivity contribution in [1.29, 1.82) is 0 Å². The van der Waals surface area contributed by atoms with Crippen molar-refractivity contribution in [1.82, 2.24) is 10.0 Å². The molecule has 0 atom stereocenters. The van der Waals surface area contributed by atoms with Crippen LogP contribution in [0, 0.1) is 0 Å². The highest BCUT2D eigenvalue weighted by Gasteiger charge is 2.19. The molecule has 6 heteroatoms. The lowest BCUT2D eigenvalue weighted by atomic mass is 10.0. The Labute approximate surface area is 127 Å². The zero-order valence-electron chi connectivity index (χ0n) is 12.8. The van der Waals surface area contributed by atoms with Gasteiger partial charge in [-0.25, -0.2) is 13.1 Å². The minimum atomic E-state index is -3.36. The van der Waals surface area contributed by atoms with Gasteiger partial charge in [-0.2, -0.15) is 0 Å². The van der Waals surface area contributed by atoms with Crippen LogP contribution in [0.25, 0.3) is 0 Å². The molecule has 0 bridgehead atoms. The maximum absolute atomic E-state index is 12.0. The highest BCUT2D eigenvalue weighted by atomic mass is 32.2. The van der Waals surface area contributed by atoms with Crippen LogP contribution in [0.3, 0.4) is 0 Å². The summed E-state index contributed by atoms with van der Waals surface area (Å²) in [5, 5.41) is 3.31. The van der Waals surface area contributed by atoms with Gasteiger partial charge in [-0.3, -0.25) is 0 Å². The smallest absolute Gasteiger partial charge is 0.240 e. The fraction of sp³-hybridized carbons (Fsp3) is 0.600. The monoisotopic (exact) mass is 311 g/mol. The highest BCUT2D eigenvalue weighted by Crippen LogP contribution is 2.21. The van der Waals surface area contributed by atoms with Crippen LogP contribution >= 0.6 is 0 Å². The Kier molecular flexibility index (Phi) is 5.61. The first-order valence-corrected chi connectivity index (χ1v) is 9.07. The van der Waals surface area contributed by atoms with Gasteiger partial charge in [0.05, 0.1) is 4.90 Å². The number of rotatable bonds is 6. The molecule has 0 aromatic heterocycles. The number of anilines is 1. The number of hydrogen-bond donors (Lipinski definition) is 2. The molecule has 0 saturated carbocycles. The zero-order chi connectivity index (χ0) is 15.3. The second kappa shape index (κ2) is 7.24. The molecule has 0 radical (unpaired) electrons. The third kappa shape index (κ3) is 4.18. The summed E-state index contributed by atoms with van der Waals surface area (Å²) in [7, 11) is -1.36. The quantitative estimate of drug-likeness (QED) is 0.837. The van der Waals surface area contributed by atoms with E-state index in [-0.39, 0.29) is 0 Å². The normalized spacial score (nSPS) is 17.1. The lowest BCUT2D eigenvalue weighted by Crippen LogP contribution is -2.41. The molecule has 1 aliphatic rings. The maximum atomic E-state index is 12.0. The molecule has 21 heavy (non-hydrogen) atoms. The molecule has 0 spiro atoms. The average Bonchev–Trinajstić information content (AvgIpc) is 2.53. The average molecular weight is 311 g/mol. The molecule has 1 aromatic carbocycles. The van der Waals surface area contributed by atoms with E-state index >= 15 is 0 Å². The molecule has 5 nitrogen and oxygen atoms in total.